The minimum atomic E-state index is 0.211. The Labute approximate surface area is 66.0 Å². The summed E-state index contributed by atoms with van der Waals surface area (Å²) in [6.07, 6.45) is 3.89. The number of hydrogen-bond donors (Lipinski definition) is 3. The van der Waals surface area contributed by atoms with E-state index in [0.717, 1.165) is 13.1 Å². The Kier molecular flexibility index (Phi) is 1.68. The predicted octanol–water partition coefficient (Wildman–Crippen LogP) is 0.234. The number of hydrogen-bond acceptors (Lipinski definition) is 2. The second-order valence-electron chi connectivity index (χ2n) is 3.09. The third kappa shape index (κ3) is 1.17. The minimum Gasteiger partial charge on any atom is -0.367 e. The zero-order valence-electron chi connectivity index (χ0n) is 6.38. The number of nitrogens with one attached hydrogen (secondary N) is 2. The van der Waals surface area contributed by atoms with Crippen LogP contribution in [0.25, 0.3) is 0 Å². The lowest BCUT2D eigenvalue weighted by molar-refractivity contribution is 0.295. The molecule has 0 bridgehead atoms. The Morgan fingerprint density at radius 3 is 2.82 bits per heavy atom. The average molecular weight is 151 g/mol. The summed E-state index contributed by atoms with van der Waals surface area (Å²) in [4.78, 5) is 3.01. The molecule has 2 rings (SSSR count). The molecule has 1 fully saturated rings. The van der Waals surface area contributed by atoms with E-state index >= 15 is 0 Å². The van der Waals surface area contributed by atoms with E-state index in [-0.39, 0.29) is 6.04 Å². The lowest BCUT2D eigenvalue weighted by atomic mass is 9.91. The molecule has 0 aliphatic carbocycles. The number of aromatic nitrogens is 1. The summed E-state index contributed by atoms with van der Waals surface area (Å²) in [6.45, 7) is 2.12. The lowest BCUT2D eigenvalue weighted by Crippen LogP contribution is -2.47. The zero-order valence-corrected chi connectivity index (χ0v) is 6.38. The molecule has 1 aromatic rings. The van der Waals surface area contributed by atoms with Crippen molar-refractivity contribution in [3.63, 3.8) is 0 Å². The fraction of sp³-hybridized carbons (Fsp3) is 0.500. The van der Waals surface area contributed by atoms with Crippen molar-refractivity contribution >= 4 is 0 Å². The van der Waals surface area contributed by atoms with Gasteiger partial charge in [-0.05, 0) is 11.6 Å². The molecule has 1 atom stereocenters. The van der Waals surface area contributed by atoms with Gasteiger partial charge in [-0.3, -0.25) is 0 Å². The van der Waals surface area contributed by atoms with Gasteiger partial charge in [0.1, 0.15) is 0 Å². The van der Waals surface area contributed by atoms with Crippen molar-refractivity contribution in [2.24, 2.45) is 11.7 Å². The first kappa shape index (κ1) is 6.88. The van der Waals surface area contributed by atoms with Crippen LogP contribution in [-0.4, -0.2) is 18.1 Å². The van der Waals surface area contributed by atoms with Gasteiger partial charge in [-0.2, -0.15) is 0 Å². The van der Waals surface area contributed by atoms with Crippen LogP contribution in [0.5, 0.6) is 0 Å². The highest BCUT2D eigenvalue weighted by Gasteiger charge is 2.24. The Hall–Kier alpha value is -0.800. The van der Waals surface area contributed by atoms with Gasteiger partial charge in [0.25, 0.3) is 0 Å². The molecule has 0 saturated carbocycles. The van der Waals surface area contributed by atoms with Gasteiger partial charge < -0.3 is 16.0 Å². The van der Waals surface area contributed by atoms with E-state index in [2.05, 4.69) is 10.3 Å². The average Bonchev–Trinajstić information content (AvgIpc) is 2.32. The molecule has 1 unspecified atom stereocenters. The Balaban J connectivity index is 2.04. The molecule has 0 spiro atoms. The van der Waals surface area contributed by atoms with Crippen molar-refractivity contribution < 1.29 is 0 Å². The highest BCUT2D eigenvalue weighted by molar-refractivity contribution is 5.15. The van der Waals surface area contributed by atoms with E-state index in [0.29, 0.717) is 5.92 Å². The molecular formula is C8H13N3. The summed E-state index contributed by atoms with van der Waals surface area (Å²) >= 11 is 0. The minimum absolute atomic E-state index is 0.211. The van der Waals surface area contributed by atoms with E-state index in [1.807, 2.05) is 18.5 Å². The normalized spacial score (nSPS) is 21.2. The van der Waals surface area contributed by atoms with Crippen LogP contribution in [-0.2, 0) is 0 Å². The van der Waals surface area contributed by atoms with Crippen molar-refractivity contribution in [3.05, 3.63) is 24.0 Å². The summed E-state index contributed by atoms with van der Waals surface area (Å²) in [6, 6.07) is 2.26. The van der Waals surface area contributed by atoms with Crippen LogP contribution in [0.3, 0.4) is 0 Å². The molecular weight excluding hydrogens is 138 g/mol. The van der Waals surface area contributed by atoms with Crippen LogP contribution in [0, 0.1) is 5.92 Å². The smallest absolute Gasteiger partial charge is 0.0363 e. The van der Waals surface area contributed by atoms with Gasteiger partial charge >= 0.3 is 0 Å². The summed E-state index contributed by atoms with van der Waals surface area (Å²) in [7, 11) is 0. The maximum atomic E-state index is 5.98. The first-order chi connectivity index (χ1) is 5.38. The molecule has 0 radical (unpaired) electrons. The van der Waals surface area contributed by atoms with Crippen LogP contribution in [0.4, 0.5) is 0 Å². The van der Waals surface area contributed by atoms with Crippen molar-refractivity contribution in [2.45, 2.75) is 6.04 Å². The highest BCUT2D eigenvalue weighted by Crippen LogP contribution is 2.21. The first-order valence-electron chi connectivity index (χ1n) is 3.97. The molecule has 3 heteroatoms. The molecule has 0 amide bonds. The first-order valence-corrected chi connectivity index (χ1v) is 3.97. The Bertz CT molecular complexity index is 213. The van der Waals surface area contributed by atoms with Crippen molar-refractivity contribution in [1.29, 1.82) is 0 Å². The molecule has 1 aliphatic rings. The Morgan fingerprint density at radius 1 is 1.55 bits per heavy atom. The Morgan fingerprint density at radius 2 is 2.36 bits per heavy atom. The van der Waals surface area contributed by atoms with E-state index in [4.69, 9.17) is 5.73 Å². The van der Waals surface area contributed by atoms with E-state index in [9.17, 15) is 0 Å². The number of aromatic amines is 1. The van der Waals surface area contributed by atoms with E-state index in [1.54, 1.807) is 0 Å². The monoisotopic (exact) mass is 151 g/mol. The SMILES string of the molecule is NC(c1cc[nH]c1)C1CNC1. The maximum Gasteiger partial charge on any atom is 0.0363 e. The summed E-state index contributed by atoms with van der Waals surface area (Å²) in [5, 5.41) is 3.21. The van der Waals surface area contributed by atoms with Crippen LogP contribution in [0.15, 0.2) is 18.5 Å². The molecule has 3 nitrogen and oxygen atoms in total. The fourth-order valence-electron chi connectivity index (χ4n) is 1.38. The molecule has 1 aromatic heterocycles. The maximum absolute atomic E-state index is 5.98. The van der Waals surface area contributed by atoms with Crippen molar-refractivity contribution in [2.75, 3.05) is 13.1 Å². The molecule has 0 aromatic carbocycles. The van der Waals surface area contributed by atoms with Gasteiger partial charge in [0.2, 0.25) is 0 Å². The predicted molar refractivity (Wildman–Crippen MR) is 44.1 cm³/mol. The van der Waals surface area contributed by atoms with Gasteiger partial charge in [0.15, 0.2) is 0 Å². The van der Waals surface area contributed by atoms with Crippen molar-refractivity contribution in [3.8, 4) is 0 Å². The fourth-order valence-corrected chi connectivity index (χ4v) is 1.38. The molecule has 11 heavy (non-hydrogen) atoms. The lowest BCUT2D eigenvalue weighted by Gasteiger charge is -2.31. The van der Waals surface area contributed by atoms with Crippen molar-refractivity contribution in [1.82, 2.24) is 10.3 Å². The van der Waals surface area contributed by atoms with E-state index in [1.165, 1.54) is 5.56 Å². The van der Waals surface area contributed by atoms with Crippen LogP contribution < -0.4 is 11.1 Å². The van der Waals surface area contributed by atoms with E-state index < -0.39 is 0 Å². The number of H-pyrrole nitrogens is 1. The quantitative estimate of drug-likeness (QED) is 0.567. The second-order valence-corrected chi connectivity index (χ2v) is 3.09. The van der Waals surface area contributed by atoms with Gasteiger partial charge in [-0.25, -0.2) is 0 Å². The third-order valence-electron chi connectivity index (χ3n) is 2.33. The molecule has 2 heterocycles. The largest absolute Gasteiger partial charge is 0.367 e. The summed E-state index contributed by atoms with van der Waals surface area (Å²) in [5.74, 6) is 0.630. The van der Waals surface area contributed by atoms with Gasteiger partial charge in [0, 0.05) is 37.4 Å². The molecule has 60 valence electrons. The molecule has 1 saturated heterocycles. The highest BCUT2D eigenvalue weighted by atomic mass is 15.0. The van der Waals surface area contributed by atoms with Gasteiger partial charge in [-0.1, -0.05) is 0 Å². The zero-order chi connectivity index (χ0) is 7.68. The van der Waals surface area contributed by atoms with Crippen LogP contribution in [0.1, 0.15) is 11.6 Å². The topological polar surface area (TPSA) is 53.8 Å². The number of nitrogens with two attached hydrogens (primary N) is 1. The molecule has 4 N–H and O–H groups in total. The van der Waals surface area contributed by atoms with Crippen LogP contribution in [0.2, 0.25) is 0 Å². The van der Waals surface area contributed by atoms with Gasteiger partial charge in [-0.15, -0.1) is 0 Å². The second kappa shape index (κ2) is 2.68. The standard InChI is InChI=1S/C8H13N3/c9-8(7-4-11-5-7)6-1-2-10-3-6/h1-3,7-8,10-11H,4-5,9H2. The van der Waals surface area contributed by atoms with Crippen LogP contribution >= 0.6 is 0 Å². The molecule has 1 aliphatic heterocycles. The summed E-state index contributed by atoms with van der Waals surface area (Å²) < 4.78 is 0. The third-order valence-corrected chi connectivity index (χ3v) is 2.33. The van der Waals surface area contributed by atoms with Gasteiger partial charge in [0.05, 0.1) is 0 Å². The number of rotatable bonds is 2. The summed E-state index contributed by atoms with van der Waals surface area (Å²) in [5.41, 5.74) is 7.20.